The summed E-state index contributed by atoms with van der Waals surface area (Å²) in [7, 11) is -3.50. The molecule has 2 aliphatic rings. The van der Waals surface area contributed by atoms with Crippen LogP contribution in [-0.4, -0.2) is 73.4 Å². The first kappa shape index (κ1) is 23.2. The van der Waals surface area contributed by atoms with Gasteiger partial charge in [-0.05, 0) is 51.8 Å². The van der Waals surface area contributed by atoms with Gasteiger partial charge in [0.25, 0.3) is 0 Å². The van der Waals surface area contributed by atoms with Crippen LogP contribution in [0.15, 0.2) is 35.2 Å². The van der Waals surface area contributed by atoms with E-state index in [4.69, 9.17) is 4.74 Å². The molecular formula is C24H33N3O4S. The first-order chi connectivity index (χ1) is 15.3. The lowest BCUT2D eigenvalue weighted by Gasteiger charge is -2.33. The van der Waals surface area contributed by atoms with E-state index < -0.39 is 10.0 Å². The maximum atomic E-state index is 13.1. The molecular weight excluding hydrogens is 426 g/mol. The van der Waals surface area contributed by atoms with E-state index >= 15 is 0 Å². The highest BCUT2D eigenvalue weighted by Gasteiger charge is 2.30. The van der Waals surface area contributed by atoms with Crippen molar-refractivity contribution >= 4 is 15.8 Å². The molecule has 2 aliphatic heterocycles. The average molecular weight is 460 g/mol. The molecule has 32 heavy (non-hydrogen) atoms. The standard InChI is InChI=1S/C24H33N3O4S/c1-18-6-8-22(9-7-18)32(29,30)26-12-10-25(11-13-26)17-24(28)23-15-19(2)27(20(23)3)16-21-5-4-14-31-21/h6-9,15,21H,4-5,10-14,16-17H2,1-3H3/t21-/m1/s1. The van der Waals surface area contributed by atoms with Crippen LogP contribution >= 0.6 is 0 Å². The molecule has 0 aliphatic carbocycles. The van der Waals surface area contributed by atoms with Gasteiger partial charge in [0.15, 0.2) is 5.78 Å². The van der Waals surface area contributed by atoms with Gasteiger partial charge >= 0.3 is 0 Å². The highest BCUT2D eigenvalue weighted by molar-refractivity contribution is 7.89. The number of hydrogen-bond acceptors (Lipinski definition) is 5. The summed E-state index contributed by atoms with van der Waals surface area (Å²) in [5.74, 6) is 0.0894. The topological polar surface area (TPSA) is 71.9 Å². The lowest BCUT2D eigenvalue weighted by Crippen LogP contribution is -2.49. The lowest BCUT2D eigenvalue weighted by molar-refractivity contribution is 0.0896. The van der Waals surface area contributed by atoms with Gasteiger partial charge in [-0.2, -0.15) is 4.31 Å². The van der Waals surface area contributed by atoms with Gasteiger partial charge in [0.2, 0.25) is 10.0 Å². The quantitative estimate of drug-likeness (QED) is 0.596. The summed E-state index contributed by atoms with van der Waals surface area (Å²) in [4.78, 5) is 15.4. The number of sulfonamides is 1. The molecule has 2 fully saturated rings. The first-order valence-corrected chi connectivity index (χ1v) is 12.8. The van der Waals surface area contributed by atoms with E-state index in [-0.39, 0.29) is 11.9 Å². The van der Waals surface area contributed by atoms with Gasteiger partial charge in [-0.1, -0.05) is 17.7 Å². The van der Waals surface area contributed by atoms with Crippen molar-refractivity contribution in [3.8, 4) is 0 Å². The normalized spacial score (nSPS) is 20.7. The number of ether oxygens (including phenoxy) is 1. The molecule has 0 radical (unpaired) electrons. The van der Waals surface area contributed by atoms with Crippen molar-refractivity contribution in [1.82, 2.24) is 13.8 Å². The van der Waals surface area contributed by atoms with E-state index in [0.717, 1.165) is 48.5 Å². The van der Waals surface area contributed by atoms with Crippen LogP contribution in [-0.2, 0) is 21.3 Å². The Hall–Kier alpha value is -2.00. The monoisotopic (exact) mass is 459 g/mol. The van der Waals surface area contributed by atoms with Gasteiger partial charge in [0.1, 0.15) is 0 Å². The van der Waals surface area contributed by atoms with E-state index in [1.807, 2.05) is 39.0 Å². The van der Waals surface area contributed by atoms with Gasteiger partial charge in [0.05, 0.1) is 17.5 Å². The zero-order chi connectivity index (χ0) is 22.9. The van der Waals surface area contributed by atoms with Gasteiger partial charge in [0, 0.05) is 56.3 Å². The van der Waals surface area contributed by atoms with Crippen LogP contribution in [0.2, 0.25) is 0 Å². The Kier molecular flexibility index (Phi) is 6.86. The molecule has 174 valence electrons. The highest BCUT2D eigenvalue weighted by atomic mass is 32.2. The summed E-state index contributed by atoms with van der Waals surface area (Å²) >= 11 is 0. The largest absolute Gasteiger partial charge is 0.376 e. The van der Waals surface area contributed by atoms with Crippen molar-refractivity contribution < 1.29 is 17.9 Å². The van der Waals surface area contributed by atoms with Gasteiger partial charge in [-0.25, -0.2) is 8.42 Å². The van der Waals surface area contributed by atoms with Crippen molar-refractivity contribution in [2.24, 2.45) is 0 Å². The number of carbonyl (C=O) groups excluding carboxylic acids is 1. The molecule has 4 rings (SSSR count). The minimum absolute atomic E-state index is 0.0894. The summed E-state index contributed by atoms with van der Waals surface area (Å²) in [5, 5.41) is 0. The summed E-state index contributed by atoms with van der Waals surface area (Å²) in [6, 6.07) is 8.93. The lowest BCUT2D eigenvalue weighted by atomic mass is 10.1. The van der Waals surface area contributed by atoms with Crippen molar-refractivity contribution in [2.45, 2.75) is 51.2 Å². The SMILES string of the molecule is Cc1ccc(S(=O)(=O)N2CCN(CC(=O)c3cc(C)n(C[C@H]4CCCO4)c3C)CC2)cc1. The van der Waals surface area contributed by atoms with Gasteiger partial charge in [-0.3, -0.25) is 9.69 Å². The van der Waals surface area contributed by atoms with Crippen LogP contribution in [0.3, 0.4) is 0 Å². The third kappa shape index (κ3) is 4.83. The van der Waals surface area contributed by atoms with Gasteiger partial charge < -0.3 is 9.30 Å². The third-order valence-electron chi connectivity index (χ3n) is 6.64. The molecule has 0 saturated carbocycles. The molecule has 0 N–H and O–H groups in total. The summed E-state index contributed by atoms with van der Waals surface area (Å²) in [6.45, 7) is 9.77. The van der Waals surface area contributed by atoms with Crippen molar-refractivity contribution in [3.05, 3.63) is 52.8 Å². The second kappa shape index (κ2) is 9.47. The van der Waals surface area contributed by atoms with Crippen molar-refractivity contribution in [2.75, 3.05) is 39.3 Å². The zero-order valence-electron chi connectivity index (χ0n) is 19.2. The molecule has 0 spiro atoms. The first-order valence-electron chi connectivity index (χ1n) is 11.4. The Morgan fingerprint density at radius 2 is 1.75 bits per heavy atom. The Bertz CT molecular complexity index is 1060. The molecule has 1 atom stereocenters. The number of hydrogen-bond donors (Lipinski definition) is 0. The number of ketones is 1. The zero-order valence-corrected chi connectivity index (χ0v) is 20.0. The Balaban J connectivity index is 1.36. The van der Waals surface area contributed by atoms with Crippen LogP contribution in [0, 0.1) is 20.8 Å². The van der Waals surface area contributed by atoms with Crippen molar-refractivity contribution in [3.63, 3.8) is 0 Å². The minimum Gasteiger partial charge on any atom is -0.376 e. The molecule has 2 saturated heterocycles. The number of carbonyl (C=O) groups is 1. The smallest absolute Gasteiger partial charge is 0.243 e. The van der Waals surface area contributed by atoms with Gasteiger partial charge in [-0.15, -0.1) is 0 Å². The number of benzene rings is 1. The predicted molar refractivity (Wildman–Crippen MR) is 124 cm³/mol. The van der Waals surface area contributed by atoms with E-state index in [2.05, 4.69) is 9.47 Å². The molecule has 1 aromatic carbocycles. The Labute approximate surface area is 191 Å². The van der Waals surface area contributed by atoms with E-state index in [1.54, 1.807) is 12.1 Å². The fourth-order valence-electron chi connectivity index (χ4n) is 4.63. The van der Waals surface area contributed by atoms with Crippen LogP contribution < -0.4 is 0 Å². The van der Waals surface area contributed by atoms with Crippen LogP contribution in [0.5, 0.6) is 0 Å². The molecule has 0 unspecified atom stereocenters. The number of aryl methyl sites for hydroxylation is 2. The minimum atomic E-state index is -3.50. The van der Waals surface area contributed by atoms with Crippen LogP contribution in [0.1, 0.15) is 40.2 Å². The Morgan fingerprint density at radius 3 is 2.38 bits per heavy atom. The summed E-state index contributed by atoms with van der Waals surface area (Å²) in [6.07, 6.45) is 2.39. The fourth-order valence-corrected chi connectivity index (χ4v) is 6.05. The molecule has 7 nitrogen and oxygen atoms in total. The number of aromatic nitrogens is 1. The number of nitrogens with zero attached hydrogens (tertiary/aromatic N) is 3. The second-order valence-electron chi connectivity index (χ2n) is 8.95. The van der Waals surface area contributed by atoms with Crippen LogP contribution in [0.4, 0.5) is 0 Å². The number of rotatable bonds is 7. The van der Waals surface area contributed by atoms with Crippen molar-refractivity contribution in [1.29, 1.82) is 0 Å². The third-order valence-corrected chi connectivity index (χ3v) is 8.55. The summed E-state index contributed by atoms with van der Waals surface area (Å²) in [5.41, 5.74) is 3.86. The second-order valence-corrected chi connectivity index (χ2v) is 10.9. The maximum Gasteiger partial charge on any atom is 0.243 e. The highest BCUT2D eigenvalue weighted by Crippen LogP contribution is 2.22. The molecule has 1 aromatic heterocycles. The molecule has 8 heteroatoms. The number of Topliss-reactive ketones (excluding diaryl/α,β-unsaturated/α-hetero) is 1. The maximum absolute atomic E-state index is 13.1. The Morgan fingerprint density at radius 1 is 1.06 bits per heavy atom. The fraction of sp³-hybridized carbons (Fsp3) is 0.542. The molecule has 2 aromatic rings. The predicted octanol–water partition coefficient (Wildman–Crippen LogP) is 2.78. The molecule has 3 heterocycles. The molecule has 0 bridgehead atoms. The van der Waals surface area contributed by atoms with E-state index in [1.165, 1.54) is 4.31 Å². The average Bonchev–Trinajstić information content (AvgIpc) is 3.38. The van der Waals surface area contributed by atoms with E-state index in [9.17, 15) is 13.2 Å². The number of piperazine rings is 1. The van der Waals surface area contributed by atoms with Crippen LogP contribution in [0.25, 0.3) is 0 Å². The summed E-state index contributed by atoms with van der Waals surface area (Å²) < 4.78 is 35.3. The molecule has 0 amide bonds. The van der Waals surface area contributed by atoms with E-state index in [0.29, 0.717) is 37.6 Å².